The lowest BCUT2D eigenvalue weighted by Gasteiger charge is -2.36. The summed E-state index contributed by atoms with van der Waals surface area (Å²) in [4.78, 5) is 58.5. The van der Waals surface area contributed by atoms with Gasteiger partial charge in [-0.1, -0.05) is 19.4 Å². The first-order valence-electron chi connectivity index (χ1n) is 9.71. The van der Waals surface area contributed by atoms with E-state index in [9.17, 15) is 24.0 Å². The number of hydrogen-bond donors (Lipinski definition) is 1. The van der Waals surface area contributed by atoms with Gasteiger partial charge < -0.3 is 42.8 Å². The molecule has 2 aromatic rings. The standard InChI is InChI=1S/C16H24N4O9P2S/c1-7(2)28-31(25,32)29-12-11(8-4-9(8)30(22,23)24)27-16(13(12)26-3)20-6-19-10-14(20)17-5-18-15(10)21/h5-9,11-13,16H,4H2,1-3H3,(H,25,32)(H,17,18,21)(H2,22,23,24)/p-3/t8?,9?,11-,12?,13+,16-,31?/m1/s1. The van der Waals surface area contributed by atoms with Gasteiger partial charge in [-0.3, -0.25) is 9.36 Å². The first kappa shape index (κ1) is 24.1. The molecule has 13 nitrogen and oxygen atoms in total. The molecule has 3 heterocycles. The van der Waals surface area contributed by atoms with Crippen molar-refractivity contribution in [2.45, 2.75) is 56.6 Å². The summed E-state index contributed by atoms with van der Waals surface area (Å²) in [6, 6.07) is 0. The van der Waals surface area contributed by atoms with E-state index in [1.54, 1.807) is 13.8 Å². The lowest BCUT2D eigenvalue weighted by Crippen LogP contribution is -2.38. The van der Waals surface area contributed by atoms with Crippen molar-refractivity contribution in [2.24, 2.45) is 5.92 Å². The van der Waals surface area contributed by atoms with Gasteiger partial charge in [0.1, 0.15) is 18.9 Å². The monoisotopic (exact) mass is 507 g/mol. The molecule has 0 bridgehead atoms. The minimum absolute atomic E-state index is 0.0527. The predicted molar refractivity (Wildman–Crippen MR) is 108 cm³/mol. The van der Waals surface area contributed by atoms with Crippen molar-refractivity contribution in [3.05, 3.63) is 23.0 Å². The Morgan fingerprint density at radius 1 is 1.31 bits per heavy atom. The van der Waals surface area contributed by atoms with Crippen LogP contribution in [0.15, 0.2) is 17.4 Å². The summed E-state index contributed by atoms with van der Waals surface area (Å²) in [5, 5.41) is 0. The molecule has 0 spiro atoms. The van der Waals surface area contributed by atoms with Crippen molar-refractivity contribution in [2.75, 3.05) is 7.11 Å². The highest BCUT2D eigenvalue weighted by atomic mass is 32.5. The van der Waals surface area contributed by atoms with Crippen LogP contribution in [0.5, 0.6) is 0 Å². The number of ether oxygens (including phenoxy) is 2. The molecule has 2 fully saturated rings. The molecule has 178 valence electrons. The fraction of sp³-hybridized carbons (Fsp3) is 0.688. The molecule has 0 amide bonds. The average molecular weight is 507 g/mol. The molecule has 7 atom stereocenters. The first-order valence-corrected chi connectivity index (χ1v) is 13.9. The zero-order valence-corrected chi connectivity index (χ0v) is 19.8. The number of hydrogen-bond acceptors (Lipinski definition) is 12. The van der Waals surface area contributed by atoms with Crippen molar-refractivity contribution >= 4 is 37.3 Å². The molecule has 1 saturated carbocycles. The van der Waals surface area contributed by atoms with Crippen LogP contribution in [0.2, 0.25) is 0 Å². The summed E-state index contributed by atoms with van der Waals surface area (Å²) in [5.74, 6) is -0.705. The third-order valence-corrected chi connectivity index (χ3v) is 8.46. The minimum atomic E-state index is -4.87. The number of aromatic amines is 1. The summed E-state index contributed by atoms with van der Waals surface area (Å²) >= 11 is 5.00. The number of fused-ring (bicyclic) bond motifs is 1. The molecule has 1 N–H and O–H groups in total. The molecular weight excluding hydrogens is 486 g/mol. The van der Waals surface area contributed by atoms with Crippen LogP contribution in [0.1, 0.15) is 26.5 Å². The van der Waals surface area contributed by atoms with Crippen molar-refractivity contribution in [1.82, 2.24) is 19.5 Å². The van der Waals surface area contributed by atoms with Gasteiger partial charge in [-0.15, -0.1) is 0 Å². The Morgan fingerprint density at radius 2 is 2.03 bits per heavy atom. The highest BCUT2D eigenvalue weighted by Gasteiger charge is 2.57. The van der Waals surface area contributed by atoms with Crippen molar-refractivity contribution in [1.29, 1.82) is 0 Å². The number of nitrogens with zero attached hydrogens (tertiary/aromatic N) is 3. The van der Waals surface area contributed by atoms with Crippen LogP contribution in [0, 0.1) is 5.92 Å². The number of nitrogens with one attached hydrogen (secondary N) is 1. The van der Waals surface area contributed by atoms with Gasteiger partial charge in [-0.2, -0.15) is 0 Å². The lowest BCUT2D eigenvalue weighted by molar-refractivity contribution is -0.314. The Balaban J connectivity index is 1.71. The van der Waals surface area contributed by atoms with E-state index in [1.165, 1.54) is 24.3 Å². The normalized spacial score (nSPS) is 32.5. The second-order valence-corrected chi connectivity index (χ2v) is 12.3. The molecule has 16 heteroatoms. The van der Waals surface area contributed by atoms with Crippen LogP contribution in [0.3, 0.4) is 0 Å². The maximum Gasteiger partial charge on any atom is 0.278 e. The van der Waals surface area contributed by atoms with Gasteiger partial charge in [0.25, 0.3) is 5.56 Å². The molecule has 2 aliphatic rings. The van der Waals surface area contributed by atoms with Crippen LogP contribution in [0.25, 0.3) is 11.2 Å². The van der Waals surface area contributed by atoms with Gasteiger partial charge in [-0.25, -0.2) is 9.97 Å². The maximum atomic E-state index is 12.8. The summed E-state index contributed by atoms with van der Waals surface area (Å²) < 4.78 is 35.5. The van der Waals surface area contributed by atoms with E-state index in [1.807, 2.05) is 0 Å². The number of aromatic nitrogens is 4. The maximum absolute atomic E-state index is 12.8. The Kier molecular flexibility index (Phi) is 6.49. The van der Waals surface area contributed by atoms with E-state index in [-0.39, 0.29) is 17.6 Å². The second-order valence-electron chi connectivity index (χ2n) is 7.93. The van der Waals surface area contributed by atoms with Gasteiger partial charge >= 0.3 is 0 Å². The summed E-state index contributed by atoms with van der Waals surface area (Å²) in [7, 11) is -3.51. The van der Waals surface area contributed by atoms with Crippen LogP contribution >= 0.6 is 14.3 Å². The molecule has 4 rings (SSSR count). The Labute approximate surface area is 187 Å². The molecule has 32 heavy (non-hydrogen) atoms. The summed E-state index contributed by atoms with van der Waals surface area (Å²) in [5.41, 5.74) is -1.38. The lowest BCUT2D eigenvalue weighted by atomic mass is 10.1. The number of imidazole rings is 1. The number of H-pyrrole nitrogens is 1. The predicted octanol–water partition coefficient (Wildman–Crippen LogP) is -1.27. The number of methoxy groups -OCH3 is 1. The largest absolute Gasteiger partial charge is 0.811 e. The summed E-state index contributed by atoms with van der Waals surface area (Å²) in [6.45, 7) is -0.756. The molecule has 0 aromatic carbocycles. The number of rotatable bonds is 8. The van der Waals surface area contributed by atoms with Gasteiger partial charge in [0, 0.05) is 7.11 Å². The first-order chi connectivity index (χ1) is 14.9. The SMILES string of the molecule is CO[C@H]1C(OP([O-])(=S)OC(C)C)[C@@H](C2CC2P(=O)([O-])[O-])O[C@H]1n1cnc2c(=O)[nH]cnc21. The highest BCUT2D eigenvalue weighted by molar-refractivity contribution is 8.06. The Hall–Kier alpha value is -1.05. The molecule has 1 aliphatic heterocycles. The van der Waals surface area contributed by atoms with Crippen molar-refractivity contribution < 1.29 is 37.8 Å². The minimum Gasteiger partial charge on any atom is -0.811 e. The zero-order valence-electron chi connectivity index (χ0n) is 17.2. The highest BCUT2D eigenvalue weighted by Crippen LogP contribution is 2.59. The van der Waals surface area contributed by atoms with Crippen molar-refractivity contribution in [3.8, 4) is 0 Å². The molecule has 1 aliphatic carbocycles. The fourth-order valence-electron chi connectivity index (χ4n) is 4.00. The Bertz CT molecular complexity index is 1150. The van der Waals surface area contributed by atoms with E-state index in [4.69, 9.17) is 30.3 Å². The topological polar surface area (TPSA) is 187 Å². The van der Waals surface area contributed by atoms with Crippen LogP contribution in [0.4, 0.5) is 0 Å². The smallest absolute Gasteiger partial charge is 0.278 e. The zero-order chi connectivity index (χ0) is 23.4. The second kappa shape index (κ2) is 8.62. The van der Waals surface area contributed by atoms with Crippen LogP contribution in [-0.2, 0) is 34.9 Å². The molecule has 1 saturated heterocycles. The van der Waals surface area contributed by atoms with E-state index >= 15 is 0 Å². The average Bonchev–Trinajstić information content (AvgIpc) is 3.24. The van der Waals surface area contributed by atoms with Crippen molar-refractivity contribution in [3.63, 3.8) is 0 Å². The van der Waals surface area contributed by atoms with E-state index in [0.717, 1.165) is 0 Å². The van der Waals surface area contributed by atoms with E-state index < -0.39 is 62.1 Å². The molecule has 2 aromatic heterocycles. The molecule has 0 radical (unpaired) electrons. The third-order valence-electron chi connectivity index (χ3n) is 5.36. The Morgan fingerprint density at radius 3 is 2.62 bits per heavy atom. The van der Waals surface area contributed by atoms with E-state index in [2.05, 4.69) is 15.0 Å². The van der Waals surface area contributed by atoms with Crippen LogP contribution < -0.4 is 20.2 Å². The molecular formula is C16H21N4O9P2S-3. The fourth-order valence-corrected chi connectivity index (χ4v) is 7.06. The third kappa shape index (κ3) is 4.62. The van der Waals surface area contributed by atoms with Gasteiger partial charge in [-0.05, 0) is 31.8 Å². The van der Waals surface area contributed by atoms with E-state index in [0.29, 0.717) is 0 Å². The van der Waals surface area contributed by atoms with Gasteiger partial charge in [0.05, 0.1) is 24.9 Å². The molecule has 4 unspecified atom stereocenters. The van der Waals surface area contributed by atoms with Gasteiger partial charge in [0.15, 0.2) is 17.4 Å². The van der Waals surface area contributed by atoms with Crippen LogP contribution in [-0.4, -0.2) is 56.7 Å². The quantitative estimate of drug-likeness (QED) is 0.418. The van der Waals surface area contributed by atoms with Gasteiger partial charge in [0.2, 0.25) is 0 Å². The summed E-state index contributed by atoms with van der Waals surface area (Å²) in [6.07, 6.45) is -1.97.